The molecule has 0 saturated carbocycles. The number of unbranched alkanes of at least 4 members (excludes halogenated alkanes) is 8. The molecule has 4 nitrogen and oxygen atoms in total. The van der Waals surface area contributed by atoms with Gasteiger partial charge in [-0.1, -0.05) is 204 Å². The minimum absolute atomic E-state index is 0.612. The van der Waals surface area contributed by atoms with Crippen LogP contribution in [0.4, 0.5) is 0 Å². The molecule has 0 saturated heterocycles. The highest BCUT2D eigenvalue weighted by molar-refractivity contribution is 7.69. The highest BCUT2D eigenvalue weighted by Gasteiger charge is 2.55. The molecular formula is C68H94O4P2. The number of benzene rings is 5. The van der Waals surface area contributed by atoms with E-state index in [0.717, 1.165) is 126 Å². The van der Waals surface area contributed by atoms with Crippen molar-refractivity contribution < 1.29 is 18.1 Å². The van der Waals surface area contributed by atoms with Gasteiger partial charge < -0.3 is 18.1 Å². The summed E-state index contributed by atoms with van der Waals surface area (Å²) in [5.41, 5.74) is 12.9. The lowest BCUT2D eigenvalue weighted by molar-refractivity contribution is 0.434. The van der Waals surface area contributed by atoms with Crippen molar-refractivity contribution in [3.63, 3.8) is 0 Å². The molecule has 0 unspecified atom stereocenters. The van der Waals surface area contributed by atoms with Crippen LogP contribution in [0.5, 0.6) is 23.0 Å². The Labute approximate surface area is 453 Å². The summed E-state index contributed by atoms with van der Waals surface area (Å²) >= 11 is 0. The fraction of sp³-hybridized carbons (Fsp3) is 0.500. The first-order valence-electron chi connectivity index (χ1n) is 29.6. The Balaban J connectivity index is 1.64. The third-order valence-corrected chi connectivity index (χ3v) is 18.9. The molecule has 0 aromatic heterocycles. The Hall–Kier alpha value is -4.36. The second-order valence-corrected chi connectivity index (χ2v) is 24.6. The molecule has 1 aliphatic carbocycles. The molecule has 1 aliphatic rings. The van der Waals surface area contributed by atoms with Gasteiger partial charge in [0.2, 0.25) is 0 Å². The lowest BCUT2D eigenvalue weighted by atomic mass is 9.99. The summed E-state index contributed by atoms with van der Waals surface area (Å²) < 4.78 is 31.3. The van der Waals surface area contributed by atoms with Crippen molar-refractivity contribution in [3.05, 3.63) is 171 Å². The van der Waals surface area contributed by atoms with Crippen LogP contribution in [0.1, 0.15) is 215 Å². The highest BCUT2D eigenvalue weighted by atomic mass is 31.2. The lowest BCUT2D eigenvalue weighted by Crippen LogP contribution is -2.31. The molecule has 0 bridgehead atoms. The maximum Gasteiger partial charge on any atom is 0.313 e. The first kappa shape index (κ1) is 58.9. The van der Waals surface area contributed by atoms with Gasteiger partial charge in [-0.25, -0.2) is 0 Å². The van der Waals surface area contributed by atoms with Crippen molar-refractivity contribution in [1.82, 2.24) is 0 Å². The average Bonchev–Trinajstić information content (AvgIpc) is 3.44. The smallest absolute Gasteiger partial charge is 0.313 e. The van der Waals surface area contributed by atoms with Crippen LogP contribution in [0.2, 0.25) is 0 Å². The molecule has 0 aliphatic heterocycles. The number of hydrogen-bond donors (Lipinski definition) is 0. The molecule has 0 N–H and O–H groups in total. The van der Waals surface area contributed by atoms with Crippen molar-refractivity contribution in [2.45, 2.75) is 221 Å². The van der Waals surface area contributed by atoms with Gasteiger partial charge in [-0.05, 0) is 189 Å². The summed E-state index contributed by atoms with van der Waals surface area (Å²) in [5.74, 6) is 3.64. The number of allylic oxidation sites excluding steroid dienone is 4. The van der Waals surface area contributed by atoms with Gasteiger partial charge in [-0.15, -0.1) is 0 Å². The third-order valence-electron chi connectivity index (χ3n) is 14.6. The van der Waals surface area contributed by atoms with E-state index in [1.54, 1.807) is 0 Å². The molecule has 6 heteroatoms. The molecule has 0 amide bonds. The van der Waals surface area contributed by atoms with E-state index >= 15 is 0 Å². The van der Waals surface area contributed by atoms with E-state index in [0.29, 0.717) is 6.42 Å². The monoisotopic (exact) mass is 1040 g/mol. The van der Waals surface area contributed by atoms with Gasteiger partial charge in [0.15, 0.2) is 4.90 Å². The number of rotatable bonds is 35. The van der Waals surface area contributed by atoms with Gasteiger partial charge in [0.05, 0.1) is 0 Å². The first-order chi connectivity index (χ1) is 36.3. The quantitative estimate of drug-likeness (QED) is 0.0379. The zero-order valence-corrected chi connectivity index (χ0v) is 49.0. The van der Waals surface area contributed by atoms with Gasteiger partial charge >= 0.3 is 16.8 Å². The van der Waals surface area contributed by atoms with Crippen LogP contribution in [0.25, 0.3) is 5.57 Å². The van der Waals surface area contributed by atoms with E-state index in [1.165, 1.54) is 107 Å². The van der Waals surface area contributed by atoms with Gasteiger partial charge in [-0.2, -0.15) is 0 Å². The van der Waals surface area contributed by atoms with E-state index in [-0.39, 0.29) is 0 Å². The normalized spacial score (nSPS) is 13.1. The first-order valence-corrected chi connectivity index (χ1v) is 31.9. The Morgan fingerprint density at radius 2 is 0.662 bits per heavy atom. The van der Waals surface area contributed by atoms with E-state index in [1.807, 2.05) is 0 Å². The minimum atomic E-state index is -1.86. The minimum Gasteiger partial charge on any atom is -0.437 e. The van der Waals surface area contributed by atoms with Gasteiger partial charge in [0.1, 0.15) is 23.0 Å². The average molecular weight is 1040 g/mol. The van der Waals surface area contributed by atoms with Crippen molar-refractivity contribution in [1.29, 1.82) is 0 Å². The van der Waals surface area contributed by atoms with Crippen LogP contribution >= 0.6 is 16.8 Å². The van der Waals surface area contributed by atoms with E-state index < -0.39 is 21.6 Å². The van der Waals surface area contributed by atoms with Crippen molar-refractivity contribution in [2.24, 2.45) is 0 Å². The molecule has 400 valence electrons. The molecule has 5 aromatic carbocycles. The zero-order valence-electron chi connectivity index (χ0n) is 47.3. The molecule has 6 rings (SSSR count). The maximum absolute atomic E-state index is 7.84. The van der Waals surface area contributed by atoms with Crippen LogP contribution in [0, 0.1) is 0 Å². The van der Waals surface area contributed by atoms with Crippen molar-refractivity contribution in [2.75, 3.05) is 0 Å². The molecule has 5 aromatic rings. The predicted molar refractivity (Wildman–Crippen MR) is 322 cm³/mol. The summed E-state index contributed by atoms with van der Waals surface area (Å²) in [5, 5.41) is 0. The van der Waals surface area contributed by atoms with Crippen LogP contribution in [0.3, 0.4) is 0 Å². The second kappa shape index (κ2) is 32.3. The molecule has 0 spiro atoms. The topological polar surface area (TPSA) is 36.9 Å². The second-order valence-electron chi connectivity index (χ2n) is 20.9. The summed E-state index contributed by atoms with van der Waals surface area (Å²) in [6.07, 6.45) is 33.9. The standard InChI is InChI=1S/C68H94O4P2/c1-9-17-28-54-38-42-64(60(50-54)32-21-13-5)69-73(70-65-43-39-55(29-18-10-2)51-61(65)33-22-14-6)68(48-46-59(47-49-68)58-36-26-25-27-37-58)74(71-66-44-40-56(30-19-11-3)52-62(66)34-23-15-7)72-67-45-41-57(31-20-12-4)53-63(67)35-24-16-8/h25-27,36-48,50-53H,9-24,28-35,49H2,1-8H3. The predicted octanol–water partition coefficient (Wildman–Crippen LogP) is 21.4. The van der Waals surface area contributed by atoms with Crippen LogP contribution in [0.15, 0.2) is 121 Å². The molecule has 0 atom stereocenters. The maximum atomic E-state index is 7.84. The lowest BCUT2D eigenvalue weighted by Gasteiger charge is -2.41. The molecular weight excluding hydrogens is 943 g/mol. The largest absolute Gasteiger partial charge is 0.437 e. The fourth-order valence-electron chi connectivity index (χ4n) is 9.80. The van der Waals surface area contributed by atoms with Crippen LogP contribution in [-0.4, -0.2) is 4.90 Å². The number of aryl methyl sites for hydroxylation is 8. The Morgan fingerprint density at radius 3 is 0.932 bits per heavy atom. The Morgan fingerprint density at radius 1 is 0.365 bits per heavy atom. The summed E-state index contributed by atoms with van der Waals surface area (Å²) in [7, 11) is -3.72. The molecule has 0 radical (unpaired) electrons. The van der Waals surface area contributed by atoms with E-state index in [4.69, 9.17) is 18.1 Å². The zero-order chi connectivity index (χ0) is 52.4. The van der Waals surface area contributed by atoms with E-state index in [2.05, 4.69) is 177 Å². The van der Waals surface area contributed by atoms with Gasteiger partial charge in [-0.3, -0.25) is 0 Å². The van der Waals surface area contributed by atoms with Gasteiger partial charge in [0, 0.05) is 0 Å². The molecule has 0 heterocycles. The summed E-state index contributed by atoms with van der Waals surface area (Å²) in [6, 6.07) is 38.7. The van der Waals surface area contributed by atoms with Gasteiger partial charge in [0.25, 0.3) is 0 Å². The molecule has 74 heavy (non-hydrogen) atoms. The summed E-state index contributed by atoms with van der Waals surface area (Å²) in [6.45, 7) is 18.3. The Kier molecular flexibility index (Phi) is 25.7. The van der Waals surface area contributed by atoms with E-state index in [9.17, 15) is 0 Å². The van der Waals surface area contributed by atoms with Crippen molar-refractivity contribution in [3.8, 4) is 23.0 Å². The third kappa shape index (κ3) is 17.3. The Bertz CT molecular complexity index is 2210. The van der Waals surface area contributed by atoms with Crippen LogP contribution < -0.4 is 18.1 Å². The SMILES string of the molecule is CCCCc1ccc(OP(Oc2ccc(CCCC)cc2CCCC)C2(P(Oc3ccc(CCCC)cc3CCCC)Oc3ccc(CCCC)cc3CCCC)C=CC(c3ccccc3)=CC2)c(CCCC)c1. The number of hydrogen-bond acceptors (Lipinski definition) is 4. The highest BCUT2D eigenvalue weighted by Crippen LogP contribution is 2.72. The fourth-order valence-corrected chi connectivity index (χ4v) is 13.8. The van der Waals surface area contributed by atoms with Crippen molar-refractivity contribution >= 4 is 22.3 Å². The summed E-state index contributed by atoms with van der Waals surface area (Å²) in [4.78, 5) is -0.861. The van der Waals surface area contributed by atoms with Crippen LogP contribution in [-0.2, 0) is 51.4 Å². The molecule has 0 fully saturated rings.